The SMILES string of the molecule is C/C(=C\O/C=C(\C)C(=O)O)CN. The number of hydrogen-bond acceptors (Lipinski definition) is 3. The lowest BCUT2D eigenvalue weighted by Gasteiger charge is -1.96. The Morgan fingerprint density at radius 1 is 1.50 bits per heavy atom. The van der Waals surface area contributed by atoms with Crippen LogP contribution in [-0.4, -0.2) is 17.6 Å². The molecule has 4 heteroatoms. The first-order chi connectivity index (χ1) is 5.57. The Morgan fingerprint density at radius 2 is 2.08 bits per heavy atom. The molecule has 0 unspecified atom stereocenters. The van der Waals surface area contributed by atoms with Gasteiger partial charge in [-0.05, 0) is 19.4 Å². The molecule has 0 aliphatic carbocycles. The van der Waals surface area contributed by atoms with Crippen LogP contribution in [-0.2, 0) is 9.53 Å². The number of ether oxygens (including phenoxy) is 1. The molecule has 68 valence electrons. The van der Waals surface area contributed by atoms with E-state index in [1.807, 2.05) is 0 Å². The topological polar surface area (TPSA) is 72.5 Å². The van der Waals surface area contributed by atoms with E-state index in [0.717, 1.165) is 5.57 Å². The van der Waals surface area contributed by atoms with Crippen LogP contribution in [0.15, 0.2) is 23.7 Å². The van der Waals surface area contributed by atoms with Gasteiger partial charge in [0.1, 0.15) is 6.26 Å². The Morgan fingerprint density at radius 3 is 2.50 bits per heavy atom. The Labute approximate surface area is 71.3 Å². The van der Waals surface area contributed by atoms with Crippen molar-refractivity contribution in [1.29, 1.82) is 0 Å². The first-order valence-corrected chi connectivity index (χ1v) is 3.49. The summed E-state index contributed by atoms with van der Waals surface area (Å²) in [6, 6.07) is 0. The van der Waals surface area contributed by atoms with Gasteiger partial charge < -0.3 is 15.6 Å². The van der Waals surface area contributed by atoms with Crippen LogP contribution >= 0.6 is 0 Å². The molecule has 0 amide bonds. The van der Waals surface area contributed by atoms with Crippen molar-refractivity contribution in [3.63, 3.8) is 0 Å². The van der Waals surface area contributed by atoms with Crippen molar-refractivity contribution in [3.8, 4) is 0 Å². The van der Waals surface area contributed by atoms with Crippen molar-refractivity contribution in [2.45, 2.75) is 13.8 Å². The minimum Gasteiger partial charge on any atom is -0.478 e. The van der Waals surface area contributed by atoms with Crippen molar-refractivity contribution < 1.29 is 14.6 Å². The van der Waals surface area contributed by atoms with Gasteiger partial charge in [-0.25, -0.2) is 4.79 Å². The second-order valence-electron chi connectivity index (χ2n) is 2.41. The zero-order valence-electron chi connectivity index (χ0n) is 7.20. The van der Waals surface area contributed by atoms with E-state index >= 15 is 0 Å². The summed E-state index contributed by atoms with van der Waals surface area (Å²) in [6.07, 6.45) is 2.59. The van der Waals surface area contributed by atoms with Gasteiger partial charge >= 0.3 is 5.97 Å². The zero-order valence-corrected chi connectivity index (χ0v) is 7.20. The summed E-state index contributed by atoms with van der Waals surface area (Å²) in [5.41, 5.74) is 6.26. The lowest BCUT2D eigenvalue weighted by atomic mass is 10.3. The lowest BCUT2D eigenvalue weighted by molar-refractivity contribution is -0.132. The molecule has 0 aromatic carbocycles. The summed E-state index contributed by atoms with van der Waals surface area (Å²) in [5, 5.41) is 8.41. The number of rotatable bonds is 4. The molecule has 0 heterocycles. The van der Waals surface area contributed by atoms with Gasteiger partial charge in [0.25, 0.3) is 0 Å². The highest BCUT2D eigenvalue weighted by Crippen LogP contribution is 1.95. The van der Waals surface area contributed by atoms with Crippen molar-refractivity contribution in [1.82, 2.24) is 0 Å². The van der Waals surface area contributed by atoms with Crippen LogP contribution in [0.3, 0.4) is 0 Å². The average molecular weight is 171 g/mol. The van der Waals surface area contributed by atoms with Gasteiger partial charge in [0.15, 0.2) is 0 Å². The Hall–Kier alpha value is -1.29. The van der Waals surface area contributed by atoms with Crippen LogP contribution < -0.4 is 5.73 Å². The normalized spacial score (nSPS) is 12.9. The lowest BCUT2D eigenvalue weighted by Crippen LogP contribution is -2.00. The number of aliphatic carboxylic acids is 1. The molecule has 0 bridgehead atoms. The molecule has 0 aromatic heterocycles. The number of carboxylic acids is 1. The van der Waals surface area contributed by atoms with E-state index in [-0.39, 0.29) is 5.57 Å². The fraction of sp³-hybridized carbons (Fsp3) is 0.375. The molecule has 0 saturated heterocycles. The van der Waals surface area contributed by atoms with Gasteiger partial charge in [-0.1, -0.05) is 0 Å². The number of hydrogen-bond donors (Lipinski definition) is 2. The van der Waals surface area contributed by atoms with E-state index < -0.39 is 5.97 Å². The quantitative estimate of drug-likeness (QED) is 0.486. The predicted octanol–water partition coefficient (Wildman–Crippen LogP) is 0.854. The number of carboxylic acid groups (broad SMARTS) is 1. The summed E-state index contributed by atoms with van der Waals surface area (Å²) < 4.78 is 4.82. The van der Waals surface area contributed by atoms with Crippen molar-refractivity contribution in [2.75, 3.05) is 6.54 Å². The number of carbonyl (C=O) groups is 1. The molecule has 3 N–H and O–H groups in total. The van der Waals surface area contributed by atoms with Gasteiger partial charge in [-0.3, -0.25) is 0 Å². The summed E-state index contributed by atoms with van der Waals surface area (Å²) >= 11 is 0. The van der Waals surface area contributed by atoms with Crippen molar-refractivity contribution in [2.24, 2.45) is 5.73 Å². The monoisotopic (exact) mass is 171 g/mol. The molecule has 0 aromatic rings. The highest BCUT2D eigenvalue weighted by molar-refractivity contribution is 5.85. The second kappa shape index (κ2) is 5.37. The summed E-state index contributed by atoms with van der Waals surface area (Å²) in [7, 11) is 0. The van der Waals surface area contributed by atoms with Crippen LogP contribution in [0.2, 0.25) is 0 Å². The smallest absolute Gasteiger partial charge is 0.334 e. The fourth-order valence-corrected chi connectivity index (χ4v) is 0.351. The standard InChI is InChI=1S/C8H13NO3/c1-6(3-9)4-12-5-7(2)8(10)11/h4-5H,3,9H2,1-2H3,(H,10,11)/b6-4+,7-5+. The minimum atomic E-state index is -0.992. The maximum Gasteiger partial charge on any atom is 0.334 e. The molecule has 4 nitrogen and oxygen atoms in total. The molecule has 0 aliphatic rings. The van der Waals surface area contributed by atoms with Crippen LogP contribution in [0, 0.1) is 0 Å². The predicted molar refractivity (Wildman–Crippen MR) is 45.3 cm³/mol. The first kappa shape index (κ1) is 10.7. The Kier molecular flexibility index (Phi) is 4.79. The minimum absolute atomic E-state index is 0.149. The van der Waals surface area contributed by atoms with Gasteiger partial charge in [0, 0.05) is 6.54 Å². The molecule has 0 saturated carbocycles. The van der Waals surface area contributed by atoms with E-state index in [9.17, 15) is 4.79 Å². The summed E-state index contributed by atoms with van der Waals surface area (Å²) in [6.45, 7) is 3.65. The van der Waals surface area contributed by atoms with Crippen LogP contribution in [0.25, 0.3) is 0 Å². The second-order valence-corrected chi connectivity index (χ2v) is 2.41. The summed E-state index contributed by atoms with van der Waals surface area (Å²) in [5.74, 6) is -0.992. The van der Waals surface area contributed by atoms with E-state index in [2.05, 4.69) is 0 Å². The third-order valence-corrected chi connectivity index (χ3v) is 1.17. The van der Waals surface area contributed by atoms with Gasteiger partial charge in [-0.2, -0.15) is 0 Å². The van der Waals surface area contributed by atoms with Crippen molar-refractivity contribution in [3.05, 3.63) is 23.7 Å². The first-order valence-electron chi connectivity index (χ1n) is 3.49. The van der Waals surface area contributed by atoms with Crippen LogP contribution in [0.4, 0.5) is 0 Å². The largest absolute Gasteiger partial charge is 0.478 e. The van der Waals surface area contributed by atoms with Crippen molar-refractivity contribution >= 4 is 5.97 Å². The molecule has 0 fully saturated rings. The van der Waals surface area contributed by atoms with Gasteiger partial charge in [-0.15, -0.1) is 0 Å². The van der Waals surface area contributed by atoms with Crippen LogP contribution in [0.1, 0.15) is 13.8 Å². The molecule has 0 aliphatic heterocycles. The molecule has 0 spiro atoms. The highest BCUT2D eigenvalue weighted by Gasteiger charge is 1.97. The van der Waals surface area contributed by atoms with E-state index in [0.29, 0.717) is 6.54 Å². The molecule has 0 rings (SSSR count). The third kappa shape index (κ3) is 4.51. The molecule has 0 radical (unpaired) electrons. The van der Waals surface area contributed by atoms with Gasteiger partial charge in [0.2, 0.25) is 0 Å². The fourth-order valence-electron chi connectivity index (χ4n) is 0.351. The van der Waals surface area contributed by atoms with Gasteiger partial charge in [0.05, 0.1) is 11.8 Å². The maximum absolute atomic E-state index is 10.3. The van der Waals surface area contributed by atoms with Crippen LogP contribution in [0.5, 0.6) is 0 Å². The van der Waals surface area contributed by atoms with E-state index in [4.69, 9.17) is 15.6 Å². The average Bonchev–Trinajstić information content (AvgIpc) is 2.03. The Bertz CT molecular complexity index is 218. The maximum atomic E-state index is 10.3. The summed E-state index contributed by atoms with van der Waals surface area (Å²) in [4.78, 5) is 10.3. The zero-order chi connectivity index (χ0) is 9.56. The Balaban J connectivity index is 3.98. The molecule has 12 heavy (non-hydrogen) atoms. The van der Waals surface area contributed by atoms with E-state index in [1.54, 1.807) is 6.92 Å². The molecule has 0 atom stereocenters. The molecular weight excluding hydrogens is 158 g/mol. The molecular formula is C8H13NO3. The highest BCUT2D eigenvalue weighted by atomic mass is 16.5. The number of nitrogens with two attached hydrogens (primary N) is 1. The third-order valence-electron chi connectivity index (χ3n) is 1.17. The van der Waals surface area contributed by atoms with E-state index in [1.165, 1.54) is 19.4 Å².